The Morgan fingerprint density at radius 3 is 2.30 bits per heavy atom. The number of carbonyl (C=O) groups is 1. The Balaban J connectivity index is 1.25. The number of amides is 2. The average molecular weight is 367 g/mol. The van der Waals surface area contributed by atoms with Gasteiger partial charge in [0.25, 0.3) is 0 Å². The van der Waals surface area contributed by atoms with E-state index in [-0.39, 0.29) is 17.3 Å². The largest absolute Gasteiger partial charge is 0.337 e. The van der Waals surface area contributed by atoms with Gasteiger partial charge in [-0.15, -0.1) is 0 Å². The van der Waals surface area contributed by atoms with E-state index in [2.05, 4.69) is 34.5 Å². The molecule has 2 aromatic carbocycles. The van der Waals surface area contributed by atoms with Crippen molar-refractivity contribution >= 4 is 6.03 Å². The molecule has 2 aromatic rings. The number of hydrogen-bond acceptors (Lipinski definition) is 2. The Labute approximate surface area is 160 Å². The van der Waals surface area contributed by atoms with Gasteiger partial charge in [-0.05, 0) is 24.5 Å². The second kappa shape index (κ2) is 7.69. The minimum absolute atomic E-state index is 0.0164. The highest BCUT2D eigenvalue weighted by Gasteiger charge is 2.44. The summed E-state index contributed by atoms with van der Waals surface area (Å²) in [6.07, 6.45) is 2.27. The third-order valence-corrected chi connectivity index (χ3v) is 5.83. The summed E-state index contributed by atoms with van der Waals surface area (Å²) >= 11 is 0. The van der Waals surface area contributed by atoms with Crippen LogP contribution in [0.4, 0.5) is 9.18 Å². The van der Waals surface area contributed by atoms with Crippen LogP contribution < -0.4 is 5.32 Å². The molecule has 1 aliphatic heterocycles. The van der Waals surface area contributed by atoms with Crippen molar-refractivity contribution in [3.8, 4) is 0 Å². The van der Waals surface area contributed by atoms with Gasteiger partial charge in [-0.1, -0.05) is 48.5 Å². The minimum atomic E-state index is -0.159. The first-order valence-electron chi connectivity index (χ1n) is 9.70. The first kappa shape index (κ1) is 18.0. The number of carbonyl (C=O) groups excluding carboxylic acids is 1. The van der Waals surface area contributed by atoms with Crippen LogP contribution in [0.2, 0.25) is 0 Å². The molecule has 1 saturated carbocycles. The predicted molar refractivity (Wildman–Crippen MR) is 104 cm³/mol. The molecule has 0 aromatic heterocycles. The Bertz CT molecular complexity index is 783. The van der Waals surface area contributed by atoms with E-state index in [1.807, 2.05) is 23.1 Å². The highest BCUT2D eigenvalue weighted by Crippen LogP contribution is 2.47. The van der Waals surface area contributed by atoms with Gasteiger partial charge in [0.1, 0.15) is 5.82 Å². The van der Waals surface area contributed by atoms with E-state index < -0.39 is 0 Å². The summed E-state index contributed by atoms with van der Waals surface area (Å²) in [6.45, 7) is 4.19. The first-order valence-corrected chi connectivity index (χ1v) is 9.70. The van der Waals surface area contributed by atoms with Crippen molar-refractivity contribution in [2.24, 2.45) is 0 Å². The summed E-state index contributed by atoms with van der Waals surface area (Å²) in [5.74, 6) is -0.159. The molecule has 27 heavy (non-hydrogen) atoms. The second-order valence-corrected chi connectivity index (χ2v) is 7.66. The number of urea groups is 1. The van der Waals surface area contributed by atoms with E-state index in [9.17, 15) is 9.18 Å². The number of piperazine rings is 1. The summed E-state index contributed by atoms with van der Waals surface area (Å²) in [5, 5.41) is 3.14. The molecular weight excluding hydrogens is 341 g/mol. The fraction of sp³-hybridized carbons (Fsp3) is 0.409. The standard InChI is InChI=1S/C22H26FN3O/c23-20-9-5-4-6-18(20)16-25-12-14-26(15-13-25)21(27)24-17-22(10-11-22)19-7-2-1-3-8-19/h1-9H,10-17H2,(H,24,27). The lowest BCUT2D eigenvalue weighted by atomic mass is 9.96. The van der Waals surface area contributed by atoms with Crippen LogP contribution in [0.3, 0.4) is 0 Å². The molecule has 5 heteroatoms. The van der Waals surface area contributed by atoms with Crippen LogP contribution >= 0.6 is 0 Å². The monoisotopic (exact) mass is 367 g/mol. The van der Waals surface area contributed by atoms with Crippen molar-refractivity contribution in [1.29, 1.82) is 0 Å². The number of hydrogen-bond donors (Lipinski definition) is 1. The zero-order valence-corrected chi connectivity index (χ0v) is 15.5. The quantitative estimate of drug-likeness (QED) is 0.879. The lowest BCUT2D eigenvalue weighted by molar-refractivity contribution is 0.134. The van der Waals surface area contributed by atoms with E-state index >= 15 is 0 Å². The molecule has 4 rings (SSSR count). The van der Waals surface area contributed by atoms with Gasteiger partial charge in [0.15, 0.2) is 0 Å². The normalized spacial score (nSPS) is 18.9. The molecule has 1 heterocycles. The molecule has 0 radical (unpaired) electrons. The Hall–Kier alpha value is -2.40. The molecule has 0 atom stereocenters. The highest BCUT2D eigenvalue weighted by atomic mass is 19.1. The van der Waals surface area contributed by atoms with Crippen LogP contribution in [0.25, 0.3) is 0 Å². The first-order chi connectivity index (χ1) is 13.2. The molecule has 0 bridgehead atoms. The van der Waals surface area contributed by atoms with E-state index in [4.69, 9.17) is 0 Å². The van der Waals surface area contributed by atoms with E-state index in [0.717, 1.165) is 25.9 Å². The Morgan fingerprint density at radius 1 is 0.963 bits per heavy atom. The summed E-state index contributed by atoms with van der Waals surface area (Å²) < 4.78 is 13.8. The minimum Gasteiger partial charge on any atom is -0.337 e. The summed E-state index contributed by atoms with van der Waals surface area (Å²) in [4.78, 5) is 16.6. The second-order valence-electron chi connectivity index (χ2n) is 7.66. The maximum Gasteiger partial charge on any atom is 0.317 e. The maximum atomic E-state index is 13.8. The van der Waals surface area contributed by atoms with E-state index in [0.29, 0.717) is 31.7 Å². The number of nitrogens with zero attached hydrogens (tertiary/aromatic N) is 2. The van der Waals surface area contributed by atoms with Crippen molar-refractivity contribution in [1.82, 2.24) is 15.1 Å². The Kier molecular flexibility index (Phi) is 5.12. The van der Waals surface area contributed by atoms with Crippen molar-refractivity contribution in [3.63, 3.8) is 0 Å². The zero-order valence-electron chi connectivity index (χ0n) is 15.5. The average Bonchev–Trinajstić information content (AvgIpc) is 3.50. The summed E-state index contributed by atoms with van der Waals surface area (Å²) in [6, 6.07) is 17.4. The molecule has 2 fully saturated rings. The van der Waals surface area contributed by atoms with E-state index in [1.54, 1.807) is 6.07 Å². The Morgan fingerprint density at radius 2 is 1.63 bits per heavy atom. The van der Waals surface area contributed by atoms with Gasteiger partial charge < -0.3 is 10.2 Å². The molecular formula is C22H26FN3O. The van der Waals surface area contributed by atoms with Crippen LogP contribution in [-0.4, -0.2) is 48.6 Å². The maximum absolute atomic E-state index is 13.8. The van der Waals surface area contributed by atoms with Crippen molar-refractivity contribution < 1.29 is 9.18 Å². The van der Waals surface area contributed by atoms with Crippen LogP contribution in [0, 0.1) is 5.82 Å². The van der Waals surface area contributed by atoms with Gasteiger partial charge in [0.05, 0.1) is 0 Å². The lowest BCUT2D eigenvalue weighted by Crippen LogP contribution is -2.52. The van der Waals surface area contributed by atoms with Gasteiger partial charge in [0, 0.05) is 50.2 Å². The predicted octanol–water partition coefficient (Wildman–Crippen LogP) is 3.38. The highest BCUT2D eigenvalue weighted by molar-refractivity contribution is 5.74. The summed E-state index contributed by atoms with van der Waals surface area (Å²) in [5.41, 5.74) is 2.16. The molecule has 4 nitrogen and oxygen atoms in total. The lowest BCUT2D eigenvalue weighted by Gasteiger charge is -2.35. The molecule has 2 aliphatic rings. The fourth-order valence-electron chi connectivity index (χ4n) is 3.84. The van der Waals surface area contributed by atoms with Crippen molar-refractivity contribution in [2.45, 2.75) is 24.8 Å². The van der Waals surface area contributed by atoms with E-state index in [1.165, 1.54) is 11.6 Å². The molecule has 2 amide bonds. The number of rotatable bonds is 5. The molecule has 0 spiro atoms. The molecule has 1 N–H and O–H groups in total. The topological polar surface area (TPSA) is 35.6 Å². The van der Waals surface area contributed by atoms with Crippen LogP contribution in [-0.2, 0) is 12.0 Å². The molecule has 0 unspecified atom stereocenters. The van der Waals surface area contributed by atoms with Crippen molar-refractivity contribution in [2.75, 3.05) is 32.7 Å². The van der Waals surface area contributed by atoms with Gasteiger partial charge in [-0.2, -0.15) is 0 Å². The van der Waals surface area contributed by atoms with Gasteiger partial charge >= 0.3 is 6.03 Å². The third-order valence-electron chi connectivity index (χ3n) is 5.83. The molecule has 1 aliphatic carbocycles. The van der Waals surface area contributed by atoms with Gasteiger partial charge in [0.2, 0.25) is 0 Å². The number of nitrogens with one attached hydrogen (secondary N) is 1. The third kappa shape index (κ3) is 4.14. The zero-order chi connectivity index (χ0) is 18.7. The smallest absolute Gasteiger partial charge is 0.317 e. The van der Waals surface area contributed by atoms with Crippen LogP contribution in [0.5, 0.6) is 0 Å². The van der Waals surface area contributed by atoms with Crippen LogP contribution in [0.1, 0.15) is 24.0 Å². The van der Waals surface area contributed by atoms with Gasteiger partial charge in [-0.25, -0.2) is 9.18 Å². The molecule has 1 saturated heterocycles. The molecule has 142 valence electrons. The SMILES string of the molecule is O=C(NCC1(c2ccccc2)CC1)N1CCN(Cc2ccccc2F)CC1. The fourth-order valence-corrected chi connectivity index (χ4v) is 3.84. The van der Waals surface area contributed by atoms with Gasteiger partial charge in [-0.3, -0.25) is 4.90 Å². The number of halogens is 1. The van der Waals surface area contributed by atoms with Crippen LogP contribution in [0.15, 0.2) is 54.6 Å². The van der Waals surface area contributed by atoms with Crippen molar-refractivity contribution in [3.05, 3.63) is 71.5 Å². The summed E-state index contributed by atoms with van der Waals surface area (Å²) in [7, 11) is 0. The number of benzene rings is 2.